The van der Waals surface area contributed by atoms with Crippen LogP contribution in [0.5, 0.6) is 0 Å². The predicted octanol–water partition coefficient (Wildman–Crippen LogP) is 2.62. The number of ether oxygens (including phenoxy) is 1. The second-order valence-corrected chi connectivity index (χ2v) is 6.46. The van der Waals surface area contributed by atoms with Gasteiger partial charge in [0, 0.05) is 28.5 Å². The first-order valence-electron chi connectivity index (χ1n) is 5.93. The maximum absolute atomic E-state index is 6.31. The van der Waals surface area contributed by atoms with Crippen LogP contribution in [-0.4, -0.2) is 36.7 Å². The summed E-state index contributed by atoms with van der Waals surface area (Å²) in [6, 6.07) is 2.56. The molecule has 1 saturated heterocycles. The quantitative estimate of drug-likeness (QED) is 0.931. The molecule has 5 heteroatoms. The van der Waals surface area contributed by atoms with Gasteiger partial charge in [-0.25, -0.2) is 0 Å². The number of morpholine rings is 1. The fraction of sp³-hybridized carbons (Fsp3) is 0.667. The van der Waals surface area contributed by atoms with Crippen LogP contribution < -0.4 is 5.73 Å². The van der Waals surface area contributed by atoms with E-state index in [1.54, 1.807) is 11.3 Å². The van der Waals surface area contributed by atoms with Crippen molar-refractivity contribution in [2.75, 3.05) is 19.7 Å². The van der Waals surface area contributed by atoms with Gasteiger partial charge < -0.3 is 10.5 Å². The lowest BCUT2D eigenvalue weighted by Crippen LogP contribution is -2.49. The van der Waals surface area contributed by atoms with Crippen molar-refractivity contribution in [3.8, 4) is 0 Å². The van der Waals surface area contributed by atoms with E-state index in [9.17, 15) is 0 Å². The Hall–Kier alpha value is 0.0600. The van der Waals surface area contributed by atoms with Crippen LogP contribution in [-0.2, 0) is 4.74 Å². The van der Waals surface area contributed by atoms with E-state index in [0.29, 0.717) is 6.04 Å². The average molecular weight is 319 g/mol. The zero-order valence-electron chi connectivity index (χ0n) is 10.2. The van der Waals surface area contributed by atoms with Crippen LogP contribution in [0.4, 0.5) is 0 Å². The van der Waals surface area contributed by atoms with Crippen molar-refractivity contribution in [2.24, 2.45) is 5.73 Å². The molecule has 96 valence electrons. The fourth-order valence-electron chi connectivity index (χ4n) is 2.09. The lowest BCUT2D eigenvalue weighted by molar-refractivity contribution is -0.0498. The van der Waals surface area contributed by atoms with Gasteiger partial charge in [-0.1, -0.05) is 0 Å². The maximum atomic E-state index is 6.31. The van der Waals surface area contributed by atoms with Gasteiger partial charge in [-0.3, -0.25) is 4.90 Å². The van der Waals surface area contributed by atoms with Crippen LogP contribution in [0.25, 0.3) is 0 Å². The molecule has 1 aliphatic heterocycles. The molecule has 17 heavy (non-hydrogen) atoms. The number of hydrogen-bond acceptors (Lipinski definition) is 4. The first kappa shape index (κ1) is 13.5. The standard InChI is InChI=1S/C12H19BrN2OS/c1-8(2)15-4-5-16-10(7-15)11(14)12-9(13)3-6-17-12/h3,6,8,10-11H,4-5,7,14H2,1-2H3. The predicted molar refractivity (Wildman–Crippen MR) is 75.4 cm³/mol. The summed E-state index contributed by atoms with van der Waals surface area (Å²) < 4.78 is 6.92. The summed E-state index contributed by atoms with van der Waals surface area (Å²) in [7, 11) is 0. The second kappa shape index (κ2) is 5.80. The summed E-state index contributed by atoms with van der Waals surface area (Å²) in [5.74, 6) is 0. The summed E-state index contributed by atoms with van der Waals surface area (Å²) in [4.78, 5) is 3.61. The Labute approximate surface area is 115 Å². The Morgan fingerprint density at radius 3 is 2.94 bits per heavy atom. The first-order chi connectivity index (χ1) is 8.09. The number of nitrogens with two attached hydrogens (primary N) is 1. The van der Waals surface area contributed by atoms with E-state index in [2.05, 4.69) is 40.1 Å². The summed E-state index contributed by atoms with van der Waals surface area (Å²) in [6.07, 6.45) is 0.0982. The van der Waals surface area contributed by atoms with Gasteiger partial charge >= 0.3 is 0 Å². The van der Waals surface area contributed by atoms with Gasteiger partial charge in [-0.05, 0) is 41.2 Å². The smallest absolute Gasteiger partial charge is 0.0903 e. The number of thiophene rings is 1. The largest absolute Gasteiger partial charge is 0.374 e. The molecule has 0 aromatic carbocycles. The molecule has 0 saturated carbocycles. The Morgan fingerprint density at radius 1 is 1.59 bits per heavy atom. The van der Waals surface area contributed by atoms with Crippen molar-refractivity contribution < 1.29 is 4.74 Å². The molecule has 2 N–H and O–H groups in total. The molecule has 0 radical (unpaired) electrons. The van der Waals surface area contributed by atoms with Crippen LogP contribution in [0, 0.1) is 0 Å². The third-order valence-corrected chi connectivity index (χ3v) is 5.18. The summed E-state index contributed by atoms with van der Waals surface area (Å²) in [5, 5.41) is 2.06. The highest BCUT2D eigenvalue weighted by molar-refractivity contribution is 9.10. The van der Waals surface area contributed by atoms with Crippen LogP contribution in [0.3, 0.4) is 0 Å². The Kier molecular flexibility index (Phi) is 4.60. The minimum atomic E-state index is -0.0362. The Morgan fingerprint density at radius 2 is 2.35 bits per heavy atom. The van der Waals surface area contributed by atoms with E-state index in [1.807, 2.05) is 6.07 Å². The molecule has 1 aliphatic rings. The minimum absolute atomic E-state index is 0.0362. The van der Waals surface area contributed by atoms with Crippen LogP contribution >= 0.6 is 27.3 Å². The van der Waals surface area contributed by atoms with Gasteiger partial charge in [-0.15, -0.1) is 11.3 Å². The van der Waals surface area contributed by atoms with Crippen molar-refractivity contribution >= 4 is 27.3 Å². The van der Waals surface area contributed by atoms with Crippen molar-refractivity contribution in [2.45, 2.75) is 32.0 Å². The van der Waals surface area contributed by atoms with Crippen LogP contribution in [0.2, 0.25) is 0 Å². The van der Waals surface area contributed by atoms with E-state index < -0.39 is 0 Å². The van der Waals surface area contributed by atoms with Gasteiger partial charge in [0.1, 0.15) is 0 Å². The third-order valence-electron chi connectivity index (χ3n) is 3.20. The van der Waals surface area contributed by atoms with E-state index in [4.69, 9.17) is 10.5 Å². The maximum Gasteiger partial charge on any atom is 0.0903 e. The van der Waals surface area contributed by atoms with Crippen molar-refractivity contribution in [1.82, 2.24) is 4.90 Å². The molecule has 0 amide bonds. The zero-order chi connectivity index (χ0) is 12.4. The number of hydrogen-bond donors (Lipinski definition) is 1. The van der Waals surface area contributed by atoms with Gasteiger partial charge in [0.25, 0.3) is 0 Å². The zero-order valence-corrected chi connectivity index (χ0v) is 12.6. The molecule has 1 aromatic rings. The van der Waals surface area contributed by atoms with Crippen molar-refractivity contribution in [3.05, 3.63) is 20.8 Å². The Bertz CT molecular complexity index is 369. The number of halogens is 1. The Balaban J connectivity index is 2.05. The summed E-state index contributed by atoms with van der Waals surface area (Å²) in [5.41, 5.74) is 6.31. The topological polar surface area (TPSA) is 38.5 Å². The molecule has 1 fully saturated rings. The molecule has 0 bridgehead atoms. The highest BCUT2D eigenvalue weighted by Gasteiger charge is 2.29. The highest BCUT2D eigenvalue weighted by atomic mass is 79.9. The fourth-order valence-corrected chi connectivity index (χ4v) is 3.79. The van der Waals surface area contributed by atoms with Gasteiger partial charge in [0.2, 0.25) is 0 Å². The third kappa shape index (κ3) is 3.09. The molecule has 2 unspecified atom stereocenters. The van der Waals surface area contributed by atoms with Gasteiger partial charge in [-0.2, -0.15) is 0 Å². The highest BCUT2D eigenvalue weighted by Crippen LogP contribution is 2.31. The van der Waals surface area contributed by atoms with Gasteiger partial charge in [0.15, 0.2) is 0 Å². The molecule has 0 aliphatic carbocycles. The van der Waals surface area contributed by atoms with Gasteiger partial charge in [0.05, 0.1) is 18.8 Å². The van der Waals surface area contributed by atoms with E-state index in [0.717, 1.165) is 24.2 Å². The van der Waals surface area contributed by atoms with Crippen molar-refractivity contribution in [3.63, 3.8) is 0 Å². The molecule has 0 spiro atoms. The average Bonchev–Trinajstić information content (AvgIpc) is 2.74. The molecule has 2 atom stereocenters. The monoisotopic (exact) mass is 318 g/mol. The number of nitrogens with zero attached hydrogens (tertiary/aromatic N) is 1. The molecular formula is C12H19BrN2OS. The summed E-state index contributed by atoms with van der Waals surface area (Å²) >= 11 is 5.23. The lowest BCUT2D eigenvalue weighted by Gasteiger charge is -2.37. The first-order valence-corrected chi connectivity index (χ1v) is 7.61. The molecule has 2 rings (SSSR count). The van der Waals surface area contributed by atoms with Crippen LogP contribution in [0.15, 0.2) is 15.9 Å². The molecule has 3 nitrogen and oxygen atoms in total. The van der Waals surface area contributed by atoms with E-state index >= 15 is 0 Å². The lowest BCUT2D eigenvalue weighted by atomic mass is 10.1. The molecular weight excluding hydrogens is 300 g/mol. The molecule has 2 heterocycles. The minimum Gasteiger partial charge on any atom is -0.374 e. The normalized spacial score (nSPS) is 24.2. The SMILES string of the molecule is CC(C)N1CCOC(C(N)c2sccc2Br)C1. The van der Waals surface area contributed by atoms with Crippen LogP contribution in [0.1, 0.15) is 24.8 Å². The second-order valence-electron chi connectivity index (χ2n) is 4.66. The van der Waals surface area contributed by atoms with Crippen molar-refractivity contribution in [1.29, 1.82) is 0 Å². The van der Waals surface area contributed by atoms with E-state index in [1.165, 1.54) is 4.88 Å². The summed E-state index contributed by atoms with van der Waals surface area (Å²) in [6.45, 7) is 7.14. The molecule has 1 aromatic heterocycles. The number of rotatable bonds is 3. The van der Waals surface area contributed by atoms with E-state index in [-0.39, 0.29) is 12.1 Å².